The van der Waals surface area contributed by atoms with E-state index in [9.17, 15) is 0 Å². The van der Waals surface area contributed by atoms with E-state index in [2.05, 4.69) is 49.5 Å². The highest BCUT2D eigenvalue weighted by molar-refractivity contribution is 6.24. The van der Waals surface area contributed by atoms with E-state index >= 15 is 0 Å². The smallest absolute Gasteiger partial charge is 0.314 e. The van der Waals surface area contributed by atoms with Gasteiger partial charge in [-0.3, -0.25) is 69.3 Å². The van der Waals surface area contributed by atoms with Crippen LogP contribution in [0.5, 0.6) is 0 Å². The fourth-order valence-corrected chi connectivity index (χ4v) is 6.06. The minimum Gasteiger partial charge on any atom is -0.314 e. The number of hydrogen-bond donors (Lipinski definition) is 2. The fourth-order valence-electron chi connectivity index (χ4n) is 6.06. The molecule has 0 amide bonds. The number of rotatable bonds is 6. The van der Waals surface area contributed by atoms with Crippen molar-refractivity contribution in [3.8, 4) is 45.0 Å². The Morgan fingerprint density at radius 2 is 0.545 bits per heavy atom. The molecule has 0 aliphatic carbocycles. The normalized spacial score (nSPS) is 14.6. The molecule has 10 heterocycles. The molecule has 18 heteroatoms. The molecule has 0 saturated carbocycles. The van der Waals surface area contributed by atoms with E-state index < -0.39 is 28.6 Å². The van der Waals surface area contributed by atoms with Crippen LogP contribution in [-0.4, -0.2) is 93.9 Å². The second kappa shape index (κ2) is 35.4. The summed E-state index contributed by atoms with van der Waals surface area (Å²) in [6.45, 7) is 27.0. The summed E-state index contributed by atoms with van der Waals surface area (Å²) < 4.78 is 23.7. The van der Waals surface area contributed by atoms with Crippen molar-refractivity contribution in [1.82, 2.24) is 39.9 Å². The van der Waals surface area contributed by atoms with Crippen molar-refractivity contribution in [1.29, 1.82) is 0 Å². The van der Waals surface area contributed by atoms with Crippen molar-refractivity contribution >= 4 is 15.0 Å². The highest BCUT2D eigenvalue weighted by Crippen LogP contribution is 2.54. The van der Waals surface area contributed by atoms with Crippen molar-refractivity contribution in [2.75, 3.05) is 0 Å². The summed E-state index contributed by atoms with van der Waals surface area (Å²) in [7, 11) is 2.36. The summed E-state index contributed by atoms with van der Waals surface area (Å²) in [5, 5.41) is 14.6. The number of hydrogen-bond acceptors (Lipinski definition) is 16. The highest BCUT2D eigenvalue weighted by atomic mass is 17.1. The predicted octanol–water partition coefficient (Wildman–Crippen LogP) is 13.7. The van der Waals surface area contributed by atoms with Gasteiger partial charge in [0.2, 0.25) is 0 Å². The molecule has 77 heavy (non-hydrogen) atoms. The van der Waals surface area contributed by atoms with E-state index in [1.54, 1.807) is 63.2 Å². The van der Waals surface area contributed by atoms with Crippen LogP contribution < -0.4 is 0 Å². The van der Waals surface area contributed by atoms with E-state index in [-0.39, 0.29) is 0 Å². The molecule has 2 fully saturated rings. The van der Waals surface area contributed by atoms with Gasteiger partial charge in [-0.25, -0.2) is 0 Å². The van der Waals surface area contributed by atoms with E-state index in [1.165, 1.54) is 15.0 Å². The summed E-state index contributed by atoms with van der Waals surface area (Å²) in [5.41, 5.74) is 6.19. The van der Waals surface area contributed by atoms with Gasteiger partial charge in [-0.05, 0) is 152 Å². The molecule has 0 aromatic carbocycles. The van der Waals surface area contributed by atoms with Crippen molar-refractivity contribution in [2.24, 2.45) is 0 Å². The molecule has 2 aliphatic heterocycles. The number of aromatic nitrogens is 8. The van der Waals surface area contributed by atoms with Gasteiger partial charge < -0.3 is 9.61 Å². The molecule has 2 radical (unpaired) electrons. The van der Waals surface area contributed by atoms with Gasteiger partial charge in [-0.2, -0.15) is 0 Å². The monoisotopic (exact) mass is 1050 g/mol. The Kier molecular flexibility index (Phi) is 30.4. The molecule has 16 nitrogen and oxygen atoms in total. The van der Waals surface area contributed by atoms with Gasteiger partial charge in [0.15, 0.2) is 0 Å². The van der Waals surface area contributed by atoms with Crippen LogP contribution in [0.4, 0.5) is 0 Å². The van der Waals surface area contributed by atoms with Crippen LogP contribution >= 0.6 is 0 Å². The lowest BCUT2D eigenvalue weighted by molar-refractivity contribution is -0.453. The molecule has 8 aromatic rings. The van der Waals surface area contributed by atoms with Crippen LogP contribution in [0.2, 0.25) is 13.6 Å². The van der Waals surface area contributed by atoms with E-state index in [4.69, 9.17) is 29.5 Å². The summed E-state index contributed by atoms with van der Waals surface area (Å²) in [6, 6.07) is 39.0. The van der Waals surface area contributed by atoms with Crippen LogP contribution in [-0.2, 0) is 28.6 Å². The Bertz CT molecular complexity index is 2150. The first kappa shape index (κ1) is 66.1. The standard InChI is InChI=1S/C13H24O4.4C10H8N2.2C2H6.2CH4BO2/c1-9(2)10(3,4)15-13(14-9)16-11(5,6)12(7,8)17-13;4*1-2-7-12-10(5-1)9-4-3-6-11-8-9;2*1-2;2*1-2-4-3/h1-8H3;4*1-8H;2*1-2H3;2*3H,1H3. The third kappa shape index (κ3) is 22.6. The SMILES string of the molecule is CC.CC.CC1(C)OC2(OC1(C)C)OC(C)(C)C(C)(C)O2.C[B]OO.C[B]OO.c1ccc(-c2cccnc2)nc1.c1ccc(-c2cccnc2)nc1.c1ccc(-c2cccnc2)nc1.c1ccc(-c2cccnc2)nc1. The second-order valence-corrected chi connectivity index (χ2v) is 17.5. The predicted molar refractivity (Wildman–Crippen MR) is 307 cm³/mol. The Hall–Kier alpha value is -6.99. The molecule has 0 bridgehead atoms. The maximum absolute atomic E-state index is 7.32. The number of ether oxygens (including phenoxy) is 4. The average Bonchev–Trinajstić information content (AvgIpc) is 3.78. The van der Waals surface area contributed by atoms with Crippen LogP contribution in [0.1, 0.15) is 83.1 Å². The minimum absolute atomic E-state index is 0.469. The van der Waals surface area contributed by atoms with Gasteiger partial charge in [0.05, 0.1) is 45.2 Å². The molecule has 2 N–H and O–H groups in total. The molecule has 0 unspecified atom stereocenters. The van der Waals surface area contributed by atoms with Crippen molar-refractivity contribution < 1.29 is 39.1 Å². The molecule has 2 aliphatic rings. The first-order valence-electron chi connectivity index (χ1n) is 25.2. The minimum atomic E-state index is -1.38. The molecule has 2 saturated heterocycles. The molecule has 406 valence electrons. The Labute approximate surface area is 458 Å². The Morgan fingerprint density at radius 1 is 0.338 bits per heavy atom. The molecule has 1 spiro atoms. The van der Waals surface area contributed by atoms with Crippen molar-refractivity contribution in [3.63, 3.8) is 0 Å². The molecule has 10 rings (SSSR count). The Balaban J connectivity index is 0.000000314. The van der Waals surface area contributed by atoms with Crippen LogP contribution in [0, 0.1) is 0 Å². The summed E-state index contributed by atoms with van der Waals surface area (Å²) >= 11 is 0. The second-order valence-electron chi connectivity index (χ2n) is 17.5. The maximum Gasteiger partial charge on any atom is 0.415 e. The van der Waals surface area contributed by atoms with Crippen LogP contribution in [0.15, 0.2) is 196 Å². The third-order valence-electron chi connectivity index (χ3n) is 11.1. The first-order chi connectivity index (χ1) is 37.0. The fraction of sp³-hybridized carbons (Fsp3) is 0.322. The van der Waals surface area contributed by atoms with Gasteiger partial charge in [-0.1, -0.05) is 65.6 Å². The molecule has 0 atom stereocenters. The largest absolute Gasteiger partial charge is 0.415 e. The molecular formula is C59H76B2N8O8. The van der Waals surface area contributed by atoms with Crippen molar-refractivity contribution in [3.05, 3.63) is 196 Å². The topological polar surface area (TPSA) is 199 Å². The molecular weight excluding hydrogens is 970 g/mol. The van der Waals surface area contributed by atoms with Gasteiger partial charge in [0.25, 0.3) is 0 Å². The first-order valence-corrected chi connectivity index (χ1v) is 25.2. The number of pyridine rings is 8. The highest BCUT2D eigenvalue weighted by Gasteiger charge is 2.68. The maximum atomic E-state index is 7.32. The average molecular weight is 1050 g/mol. The zero-order valence-electron chi connectivity index (χ0n) is 47.1. The van der Waals surface area contributed by atoms with Gasteiger partial charge in [0, 0.05) is 96.6 Å². The van der Waals surface area contributed by atoms with E-state index in [1.807, 2.05) is 229 Å². The quantitative estimate of drug-likeness (QED) is 0.0904. The lowest BCUT2D eigenvalue weighted by Gasteiger charge is -2.29. The number of nitrogens with zero attached hydrogens (tertiary/aromatic N) is 8. The Morgan fingerprint density at radius 3 is 0.688 bits per heavy atom. The summed E-state index contributed by atoms with van der Waals surface area (Å²) in [6.07, 6.45) is 20.0. The van der Waals surface area contributed by atoms with Gasteiger partial charge in [-0.15, -0.1) is 0 Å². The van der Waals surface area contributed by atoms with Crippen molar-refractivity contribution in [2.45, 2.75) is 125 Å². The van der Waals surface area contributed by atoms with E-state index in [0.717, 1.165) is 45.0 Å². The van der Waals surface area contributed by atoms with Gasteiger partial charge >= 0.3 is 21.1 Å². The van der Waals surface area contributed by atoms with Gasteiger partial charge in [0.1, 0.15) is 0 Å². The van der Waals surface area contributed by atoms with E-state index in [0.29, 0.717) is 0 Å². The molecule has 8 aromatic heterocycles. The zero-order chi connectivity index (χ0) is 57.1. The lowest BCUT2D eigenvalue weighted by atomic mass is 9.90. The lowest BCUT2D eigenvalue weighted by Crippen LogP contribution is -2.41. The summed E-state index contributed by atoms with van der Waals surface area (Å²) in [4.78, 5) is 39.8. The van der Waals surface area contributed by atoms with Crippen LogP contribution in [0.3, 0.4) is 0 Å². The summed E-state index contributed by atoms with van der Waals surface area (Å²) in [5.74, 6) is 0. The zero-order valence-corrected chi connectivity index (χ0v) is 47.1. The van der Waals surface area contributed by atoms with Crippen LogP contribution in [0.25, 0.3) is 45.0 Å². The third-order valence-corrected chi connectivity index (χ3v) is 11.1.